The molecule has 3 aliphatic rings. The monoisotopic (exact) mass is 790 g/mol. The van der Waals surface area contributed by atoms with Crippen molar-refractivity contribution in [2.45, 2.75) is 71.8 Å². The fraction of sp³-hybridized carbons (Fsp3) is 0.295. The normalized spacial score (nSPS) is 16.9. The van der Waals surface area contributed by atoms with Gasteiger partial charge in [0.25, 0.3) is 11.8 Å². The summed E-state index contributed by atoms with van der Waals surface area (Å²) < 4.78 is 3.95. The molecule has 0 spiro atoms. The number of fused-ring (bicyclic) bond motifs is 3. The molecule has 1 saturated heterocycles. The van der Waals surface area contributed by atoms with E-state index in [1.807, 2.05) is 54.4 Å². The minimum Gasteiger partial charge on any atom is -0.343 e. The van der Waals surface area contributed by atoms with Gasteiger partial charge in [-0.1, -0.05) is 37.3 Å². The number of carbonyl (C=O) groups is 5. The summed E-state index contributed by atoms with van der Waals surface area (Å²) in [6.45, 7) is 7.69. The molecular weight excluding hydrogens is 749 g/mol. The molecule has 7 heterocycles. The van der Waals surface area contributed by atoms with Gasteiger partial charge >= 0.3 is 0 Å². The Kier molecular flexibility index (Phi) is 9.37. The number of imidazole rings is 1. The zero-order chi connectivity index (χ0) is 41.1. The second-order valence-electron chi connectivity index (χ2n) is 15.3. The molecule has 298 valence electrons. The molecule has 0 aliphatic carbocycles. The van der Waals surface area contributed by atoms with Gasteiger partial charge in [-0.3, -0.25) is 43.9 Å². The van der Waals surface area contributed by atoms with E-state index in [0.717, 1.165) is 68.9 Å². The fourth-order valence-corrected chi connectivity index (χ4v) is 8.60. The Labute approximate surface area is 339 Å². The van der Waals surface area contributed by atoms with Crippen molar-refractivity contribution in [1.82, 2.24) is 49.7 Å². The summed E-state index contributed by atoms with van der Waals surface area (Å²) in [6, 6.07) is 17.8. The number of nitrogens with zero attached hydrogens (tertiary/aromatic N) is 8. The predicted octanol–water partition coefficient (Wildman–Crippen LogP) is 4.74. The van der Waals surface area contributed by atoms with Gasteiger partial charge in [-0.15, -0.1) is 0 Å². The first-order valence-electron chi connectivity index (χ1n) is 19.8. The van der Waals surface area contributed by atoms with Gasteiger partial charge in [0.15, 0.2) is 0 Å². The highest BCUT2D eigenvalue weighted by Crippen LogP contribution is 2.36. The minimum absolute atomic E-state index is 0.0511. The molecule has 15 heteroatoms. The van der Waals surface area contributed by atoms with Gasteiger partial charge in [0.05, 0.1) is 41.1 Å². The number of benzene rings is 2. The first-order chi connectivity index (χ1) is 28.5. The van der Waals surface area contributed by atoms with Gasteiger partial charge in [0, 0.05) is 86.5 Å². The van der Waals surface area contributed by atoms with Crippen molar-refractivity contribution in [2.75, 3.05) is 6.54 Å². The number of aryl methyl sites for hydroxylation is 2. The second kappa shape index (κ2) is 14.7. The molecule has 5 amide bonds. The molecule has 0 radical (unpaired) electrons. The molecule has 9 rings (SSSR count). The van der Waals surface area contributed by atoms with Crippen LogP contribution in [0.5, 0.6) is 0 Å². The number of hydrogen-bond donors (Lipinski definition) is 2. The summed E-state index contributed by atoms with van der Waals surface area (Å²) in [7, 11) is 1.80. The van der Waals surface area contributed by atoms with E-state index in [2.05, 4.69) is 33.2 Å². The van der Waals surface area contributed by atoms with Gasteiger partial charge < -0.3 is 19.7 Å². The lowest BCUT2D eigenvalue weighted by atomic mass is 10.0. The van der Waals surface area contributed by atoms with Crippen LogP contribution in [-0.4, -0.2) is 81.2 Å². The van der Waals surface area contributed by atoms with Gasteiger partial charge in [-0.2, -0.15) is 5.10 Å². The summed E-state index contributed by atoms with van der Waals surface area (Å²) >= 11 is 0. The number of pyridine rings is 2. The number of hydrogen-bond acceptors (Lipinski definition) is 9. The maximum Gasteiger partial charge on any atom is 0.270 e. The Hall–Kier alpha value is -7.03. The van der Waals surface area contributed by atoms with Gasteiger partial charge in [0.1, 0.15) is 17.6 Å². The first-order valence-corrected chi connectivity index (χ1v) is 19.8. The largest absolute Gasteiger partial charge is 0.343 e. The molecule has 59 heavy (non-hydrogen) atoms. The zero-order valence-electron chi connectivity index (χ0n) is 33.2. The van der Waals surface area contributed by atoms with E-state index in [4.69, 9.17) is 15.1 Å². The second-order valence-corrected chi connectivity index (χ2v) is 15.3. The van der Waals surface area contributed by atoms with Crippen LogP contribution in [0.1, 0.15) is 83.3 Å². The maximum absolute atomic E-state index is 13.5. The lowest BCUT2D eigenvalue weighted by molar-refractivity contribution is -0.137. The van der Waals surface area contributed by atoms with E-state index < -0.39 is 18.0 Å². The van der Waals surface area contributed by atoms with Crippen LogP contribution in [0.3, 0.4) is 0 Å². The van der Waals surface area contributed by atoms with Crippen molar-refractivity contribution in [3.8, 4) is 33.8 Å². The highest BCUT2D eigenvalue weighted by molar-refractivity contribution is 6.06. The molecule has 1 fully saturated rings. The molecule has 0 bridgehead atoms. The number of piperidine rings is 1. The van der Waals surface area contributed by atoms with Crippen LogP contribution in [0.4, 0.5) is 0 Å². The van der Waals surface area contributed by atoms with Gasteiger partial charge in [0.2, 0.25) is 17.7 Å². The van der Waals surface area contributed by atoms with E-state index in [0.29, 0.717) is 30.0 Å². The Morgan fingerprint density at radius 1 is 0.932 bits per heavy atom. The predicted molar refractivity (Wildman–Crippen MR) is 217 cm³/mol. The van der Waals surface area contributed by atoms with Crippen molar-refractivity contribution in [2.24, 2.45) is 7.05 Å². The van der Waals surface area contributed by atoms with Crippen LogP contribution in [0.2, 0.25) is 0 Å². The van der Waals surface area contributed by atoms with Gasteiger partial charge in [-0.25, -0.2) is 4.98 Å². The molecular formula is C44H42N10O5. The molecule has 0 saturated carbocycles. The number of aromatic nitrogens is 6. The topological polar surface area (TPSA) is 177 Å². The molecule has 4 aromatic heterocycles. The molecule has 2 atom stereocenters. The lowest BCUT2D eigenvalue weighted by Crippen LogP contribution is -2.52. The Bertz CT molecular complexity index is 2730. The van der Waals surface area contributed by atoms with Crippen LogP contribution in [-0.2, 0) is 47.5 Å². The lowest BCUT2D eigenvalue weighted by Gasteiger charge is -2.29. The average Bonchev–Trinajstić information content (AvgIpc) is 3.92. The molecule has 6 aromatic rings. The standard InChI is InChI=1S/C44H42N10O5/c1-5-39-48-41(38-23-52(25(3)55)16-17-53(38)39)29-10-6-8-26-18-34(46-21-31(26)29)27-12-13-33(45-20-27)42(57)47-24(2)37-19-35(50-51(37)4)28-9-7-11-30-32(28)22-54(44(30)59)36-14-15-40(56)49-43(36)58/h6-13,18-21,24,36H,5,14-17,22-23H2,1-4H3,(H,47,57)(H,49,56,58)/t24-,36?/m0/s1. The van der Waals surface area contributed by atoms with Crippen molar-refractivity contribution in [1.29, 1.82) is 0 Å². The Morgan fingerprint density at radius 2 is 1.73 bits per heavy atom. The molecule has 3 aliphatic heterocycles. The third kappa shape index (κ3) is 6.61. The van der Waals surface area contributed by atoms with Crippen molar-refractivity contribution < 1.29 is 24.0 Å². The summed E-state index contributed by atoms with van der Waals surface area (Å²) in [5, 5.41) is 12.1. The van der Waals surface area contributed by atoms with Crippen molar-refractivity contribution >= 4 is 40.3 Å². The zero-order valence-corrected chi connectivity index (χ0v) is 33.2. The smallest absolute Gasteiger partial charge is 0.270 e. The molecule has 15 nitrogen and oxygen atoms in total. The number of rotatable bonds is 8. The van der Waals surface area contributed by atoms with Crippen LogP contribution in [0.25, 0.3) is 44.5 Å². The number of amides is 5. The van der Waals surface area contributed by atoms with Gasteiger partial charge in [-0.05, 0) is 54.6 Å². The summed E-state index contributed by atoms with van der Waals surface area (Å²) in [6.07, 6.45) is 4.75. The molecule has 1 unspecified atom stereocenters. The third-order valence-corrected chi connectivity index (χ3v) is 11.7. The third-order valence-electron chi connectivity index (χ3n) is 11.7. The maximum atomic E-state index is 13.5. The van der Waals surface area contributed by atoms with Crippen LogP contribution in [0, 0.1) is 0 Å². The quantitative estimate of drug-likeness (QED) is 0.206. The van der Waals surface area contributed by atoms with Crippen LogP contribution >= 0.6 is 0 Å². The molecule has 2 N–H and O–H groups in total. The molecule has 2 aromatic carbocycles. The van der Waals surface area contributed by atoms with E-state index in [-0.39, 0.29) is 48.7 Å². The van der Waals surface area contributed by atoms with E-state index in [1.54, 1.807) is 43.0 Å². The number of imide groups is 1. The minimum atomic E-state index is -0.717. The first kappa shape index (κ1) is 37.5. The number of carbonyl (C=O) groups excluding carboxylic acids is 5. The Balaban J connectivity index is 0.906. The van der Waals surface area contributed by atoms with E-state index >= 15 is 0 Å². The van der Waals surface area contributed by atoms with Crippen molar-refractivity contribution in [3.05, 3.63) is 107 Å². The average molecular weight is 791 g/mol. The fourth-order valence-electron chi connectivity index (χ4n) is 8.60. The number of nitrogens with one attached hydrogen (secondary N) is 2. The highest BCUT2D eigenvalue weighted by atomic mass is 16.2. The summed E-state index contributed by atoms with van der Waals surface area (Å²) in [4.78, 5) is 81.2. The van der Waals surface area contributed by atoms with E-state index in [1.165, 1.54) is 4.90 Å². The van der Waals surface area contributed by atoms with Crippen LogP contribution in [0.15, 0.2) is 73.1 Å². The SMILES string of the molecule is CCc1nc(-c2cccc3cc(-c4ccc(C(=O)N[C@@H](C)c5cc(-c6cccc7c6CN(C6CCC(=O)NC6=O)C7=O)nn5C)nc4)ncc23)c2n1CCN(C(C)=O)C2. The van der Waals surface area contributed by atoms with Crippen LogP contribution < -0.4 is 10.6 Å². The Morgan fingerprint density at radius 3 is 2.49 bits per heavy atom. The summed E-state index contributed by atoms with van der Waals surface area (Å²) in [5.41, 5.74) is 7.98. The summed E-state index contributed by atoms with van der Waals surface area (Å²) in [5.74, 6) is -0.347. The van der Waals surface area contributed by atoms with Crippen molar-refractivity contribution in [3.63, 3.8) is 0 Å². The highest BCUT2D eigenvalue weighted by Gasteiger charge is 2.40. The van der Waals surface area contributed by atoms with E-state index in [9.17, 15) is 24.0 Å².